The zero-order chi connectivity index (χ0) is 24.8. The first-order valence-corrected chi connectivity index (χ1v) is 11.3. The Bertz CT molecular complexity index is 1490. The smallest absolute Gasteiger partial charge is 0.340 e. The number of aromatic nitrogens is 2. The Kier molecular flexibility index (Phi) is 7.21. The number of carbonyl (C=O) groups excluding carboxylic acids is 2. The Morgan fingerprint density at radius 2 is 1.54 bits per heavy atom. The lowest BCUT2D eigenvalue weighted by Gasteiger charge is -2.15. The fraction of sp³-hybridized carbons (Fsp3) is 0.185. The minimum Gasteiger partial charge on any atom is -0.462 e. The van der Waals surface area contributed by atoms with Crippen LogP contribution in [0.5, 0.6) is 0 Å². The standard InChI is InChI=1S/C27H25N3O5/c1-2-35-26(33)20-12-6-8-14-22(20)28-24(31)18-30-23-15-9-7-13-21(23)25(32)29(27(30)34)17-16-19-10-4-3-5-11-19/h3-15H,2,16-18H2,1H3,(H,28,31). The second kappa shape index (κ2) is 10.6. The normalized spacial score (nSPS) is 10.8. The average Bonchev–Trinajstić information content (AvgIpc) is 2.87. The highest BCUT2D eigenvalue weighted by molar-refractivity contribution is 6.01. The van der Waals surface area contributed by atoms with Gasteiger partial charge in [-0.25, -0.2) is 9.59 Å². The van der Waals surface area contributed by atoms with Crippen molar-refractivity contribution in [3.8, 4) is 0 Å². The molecule has 1 heterocycles. The molecule has 1 aromatic heterocycles. The molecule has 0 saturated carbocycles. The van der Waals surface area contributed by atoms with Gasteiger partial charge in [0, 0.05) is 6.54 Å². The van der Waals surface area contributed by atoms with E-state index in [0.717, 1.165) is 10.1 Å². The van der Waals surface area contributed by atoms with Gasteiger partial charge >= 0.3 is 11.7 Å². The van der Waals surface area contributed by atoms with E-state index < -0.39 is 23.1 Å². The molecule has 0 atom stereocenters. The van der Waals surface area contributed by atoms with Crippen molar-refractivity contribution in [1.29, 1.82) is 0 Å². The van der Waals surface area contributed by atoms with Gasteiger partial charge in [-0.15, -0.1) is 0 Å². The van der Waals surface area contributed by atoms with Gasteiger partial charge in [-0.1, -0.05) is 54.6 Å². The number of fused-ring (bicyclic) bond motifs is 1. The molecule has 0 fully saturated rings. The van der Waals surface area contributed by atoms with Gasteiger partial charge in [0.1, 0.15) is 6.54 Å². The van der Waals surface area contributed by atoms with Gasteiger partial charge in [-0.2, -0.15) is 0 Å². The molecule has 3 aromatic carbocycles. The van der Waals surface area contributed by atoms with Crippen molar-refractivity contribution in [3.63, 3.8) is 0 Å². The van der Waals surface area contributed by atoms with E-state index in [0.29, 0.717) is 17.3 Å². The predicted octanol–water partition coefficient (Wildman–Crippen LogP) is 3.22. The second-order valence-electron chi connectivity index (χ2n) is 7.89. The van der Waals surface area contributed by atoms with Crippen molar-refractivity contribution in [2.75, 3.05) is 11.9 Å². The Morgan fingerprint density at radius 3 is 2.31 bits per heavy atom. The van der Waals surface area contributed by atoms with Crippen LogP contribution in [-0.2, 0) is 29.0 Å². The van der Waals surface area contributed by atoms with Crippen molar-refractivity contribution < 1.29 is 14.3 Å². The van der Waals surface area contributed by atoms with Crippen molar-refractivity contribution in [3.05, 3.63) is 111 Å². The number of nitrogens with one attached hydrogen (secondary N) is 1. The Balaban J connectivity index is 1.67. The first-order chi connectivity index (χ1) is 17.0. The van der Waals surface area contributed by atoms with E-state index in [4.69, 9.17) is 4.74 Å². The molecule has 4 rings (SSSR count). The first-order valence-electron chi connectivity index (χ1n) is 11.3. The maximum absolute atomic E-state index is 13.3. The summed E-state index contributed by atoms with van der Waals surface area (Å²) >= 11 is 0. The van der Waals surface area contributed by atoms with Crippen LogP contribution in [0.2, 0.25) is 0 Å². The molecule has 8 nitrogen and oxygen atoms in total. The molecule has 0 spiro atoms. The molecule has 178 valence electrons. The fourth-order valence-electron chi connectivity index (χ4n) is 3.92. The molecule has 0 unspecified atom stereocenters. The second-order valence-corrected chi connectivity index (χ2v) is 7.89. The summed E-state index contributed by atoms with van der Waals surface area (Å²) in [6.07, 6.45) is 0.493. The van der Waals surface area contributed by atoms with Crippen LogP contribution in [0.3, 0.4) is 0 Å². The molecule has 1 amide bonds. The van der Waals surface area contributed by atoms with Crippen LogP contribution >= 0.6 is 0 Å². The van der Waals surface area contributed by atoms with Crippen LogP contribution in [0, 0.1) is 0 Å². The van der Waals surface area contributed by atoms with Crippen molar-refractivity contribution >= 4 is 28.5 Å². The van der Waals surface area contributed by atoms with E-state index >= 15 is 0 Å². The number of benzene rings is 3. The molecule has 35 heavy (non-hydrogen) atoms. The molecule has 1 N–H and O–H groups in total. The molecule has 0 aliphatic heterocycles. The Labute approximate surface area is 201 Å². The van der Waals surface area contributed by atoms with Crippen LogP contribution in [0.1, 0.15) is 22.8 Å². The SMILES string of the molecule is CCOC(=O)c1ccccc1NC(=O)Cn1c(=O)n(CCc2ccccc2)c(=O)c2ccccc21. The number of rotatable bonds is 8. The molecule has 0 saturated heterocycles. The summed E-state index contributed by atoms with van der Waals surface area (Å²) in [6.45, 7) is 1.75. The monoisotopic (exact) mass is 471 g/mol. The van der Waals surface area contributed by atoms with E-state index in [2.05, 4.69) is 5.32 Å². The molecule has 8 heteroatoms. The summed E-state index contributed by atoms with van der Waals surface area (Å²) in [4.78, 5) is 51.6. The first kappa shape index (κ1) is 23.7. The number of nitrogens with zero attached hydrogens (tertiary/aromatic N) is 2. The van der Waals surface area contributed by atoms with E-state index in [1.165, 1.54) is 4.57 Å². The predicted molar refractivity (Wildman–Crippen MR) is 134 cm³/mol. The molecule has 0 aliphatic rings. The largest absolute Gasteiger partial charge is 0.462 e. The van der Waals surface area contributed by atoms with Gasteiger partial charge in [-0.3, -0.25) is 18.7 Å². The van der Waals surface area contributed by atoms with Crippen LogP contribution in [-0.4, -0.2) is 27.6 Å². The van der Waals surface area contributed by atoms with Crippen molar-refractivity contribution in [2.24, 2.45) is 0 Å². The van der Waals surface area contributed by atoms with Crippen LogP contribution in [0.4, 0.5) is 5.69 Å². The van der Waals surface area contributed by atoms with Gasteiger partial charge in [0.2, 0.25) is 5.91 Å². The zero-order valence-electron chi connectivity index (χ0n) is 19.3. The summed E-state index contributed by atoms with van der Waals surface area (Å²) < 4.78 is 7.50. The molecule has 0 radical (unpaired) electrons. The van der Waals surface area contributed by atoms with E-state index in [-0.39, 0.29) is 30.9 Å². The lowest BCUT2D eigenvalue weighted by atomic mass is 10.1. The summed E-state index contributed by atoms with van der Waals surface area (Å²) in [5.74, 6) is -1.07. The van der Waals surface area contributed by atoms with Gasteiger partial charge in [0.25, 0.3) is 5.56 Å². The lowest BCUT2D eigenvalue weighted by Crippen LogP contribution is -2.42. The van der Waals surface area contributed by atoms with Gasteiger partial charge in [0.05, 0.1) is 28.8 Å². The highest BCUT2D eigenvalue weighted by Crippen LogP contribution is 2.17. The number of hydrogen-bond donors (Lipinski definition) is 1. The molecular formula is C27H25N3O5. The minimum absolute atomic E-state index is 0.180. The quantitative estimate of drug-likeness (QED) is 0.398. The van der Waals surface area contributed by atoms with Crippen molar-refractivity contribution in [2.45, 2.75) is 26.4 Å². The molecule has 0 aliphatic carbocycles. The number of ether oxygens (including phenoxy) is 1. The van der Waals surface area contributed by atoms with Gasteiger partial charge in [-0.05, 0) is 43.2 Å². The Hall–Kier alpha value is -4.46. The third kappa shape index (κ3) is 5.22. The summed E-state index contributed by atoms with van der Waals surface area (Å²) in [6, 6.07) is 22.8. The number of carbonyl (C=O) groups is 2. The number of hydrogen-bond acceptors (Lipinski definition) is 5. The maximum Gasteiger partial charge on any atom is 0.340 e. The van der Waals surface area contributed by atoms with E-state index in [1.807, 2.05) is 30.3 Å². The highest BCUT2D eigenvalue weighted by Gasteiger charge is 2.18. The maximum atomic E-state index is 13.3. The topological polar surface area (TPSA) is 99.4 Å². The summed E-state index contributed by atoms with van der Waals surface area (Å²) in [5.41, 5.74) is 0.891. The zero-order valence-corrected chi connectivity index (χ0v) is 19.3. The van der Waals surface area contributed by atoms with Crippen LogP contribution in [0.15, 0.2) is 88.5 Å². The highest BCUT2D eigenvalue weighted by atomic mass is 16.5. The minimum atomic E-state index is -0.571. The number of para-hydroxylation sites is 2. The van der Waals surface area contributed by atoms with Gasteiger partial charge < -0.3 is 10.1 Å². The molecule has 0 bridgehead atoms. The number of amides is 1. The van der Waals surface area contributed by atoms with E-state index in [1.54, 1.807) is 55.5 Å². The summed E-state index contributed by atoms with van der Waals surface area (Å²) in [5, 5.41) is 3.04. The summed E-state index contributed by atoms with van der Waals surface area (Å²) in [7, 11) is 0. The third-order valence-corrected chi connectivity index (χ3v) is 5.60. The molecular weight excluding hydrogens is 446 g/mol. The number of esters is 1. The fourth-order valence-corrected chi connectivity index (χ4v) is 3.92. The lowest BCUT2D eigenvalue weighted by molar-refractivity contribution is -0.116. The van der Waals surface area contributed by atoms with Crippen LogP contribution in [0.25, 0.3) is 10.9 Å². The number of anilines is 1. The van der Waals surface area contributed by atoms with Gasteiger partial charge in [0.15, 0.2) is 0 Å². The molecule has 4 aromatic rings. The Morgan fingerprint density at radius 1 is 0.857 bits per heavy atom. The third-order valence-electron chi connectivity index (χ3n) is 5.60. The number of aryl methyl sites for hydroxylation is 1. The average molecular weight is 472 g/mol. The van der Waals surface area contributed by atoms with Crippen molar-refractivity contribution in [1.82, 2.24) is 9.13 Å². The van der Waals surface area contributed by atoms with Crippen LogP contribution < -0.4 is 16.6 Å². The van der Waals surface area contributed by atoms with E-state index in [9.17, 15) is 19.2 Å².